The number of pyridine rings is 1. The highest BCUT2D eigenvalue weighted by atomic mass is 79.9. The fourth-order valence-electron chi connectivity index (χ4n) is 4.22. The van der Waals surface area contributed by atoms with E-state index in [0.717, 1.165) is 32.2 Å². The first kappa shape index (κ1) is 18.6. The van der Waals surface area contributed by atoms with Crippen LogP contribution >= 0.6 is 15.9 Å². The van der Waals surface area contributed by atoms with Gasteiger partial charge in [0.2, 0.25) is 0 Å². The summed E-state index contributed by atoms with van der Waals surface area (Å²) in [6.07, 6.45) is -0.00918. The van der Waals surface area contributed by atoms with Gasteiger partial charge >= 0.3 is 0 Å². The zero-order chi connectivity index (χ0) is 20.3. The number of amides is 1. The number of nitrogens with zero attached hydrogens (tertiary/aromatic N) is 2. The molecule has 5 rings (SSSR count). The first-order valence-corrected chi connectivity index (χ1v) is 10.3. The number of nitrogens with two attached hydrogens (primary N) is 1. The van der Waals surface area contributed by atoms with Gasteiger partial charge in [0.25, 0.3) is 5.91 Å². The molecule has 1 amide bonds. The van der Waals surface area contributed by atoms with Crippen molar-refractivity contribution in [1.82, 2.24) is 14.9 Å². The maximum atomic E-state index is 13.3. The number of carbonyl (C=O) groups excluding carboxylic acids is 1. The molecule has 4 heterocycles. The number of rotatable bonds is 2. The minimum atomic E-state index is -0.166. The molecule has 0 fully saturated rings. The van der Waals surface area contributed by atoms with E-state index in [2.05, 4.69) is 38.0 Å². The summed E-state index contributed by atoms with van der Waals surface area (Å²) < 4.78 is 12.5. The summed E-state index contributed by atoms with van der Waals surface area (Å²) in [5.41, 5.74) is 12.1. The second kappa shape index (κ2) is 6.83. The normalized spacial score (nSPS) is 20.5. The van der Waals surface area contributed by atoms with Crippen molar-refractivity contribution >= 4 is 38.7 Å². The number of benzene rings is 1. The predicted molar refractivity (Wildman–Crippen MR) is 112 cm³/mol. The molecule has 3 aromatic rings. The van der Waals surface area contributed by atoms with E-state index in [1.54, 1.807) is 18.0 Å². The van der Waals surface area contributed by atoms with Crippen LogP contribution in [0.1, 0.15) is 51.8 Å². The number of aromatic amines is 1. The molecule has 2 aliphatic heterocycles. The number of likely N-dealkylation sites (N-methyl/N-ethyl adjacent to an activating group) is 1. The summed E-state index contributed by atoms with van der Waals surface area (Å²) >= 11 is 3.52. The first-order valence-electron chi connectivity index (χ1n) is 9.50. The smallest absolute Gasteiger partial charge is 0.270 e. The van der Waals surface area contributed by atoms with Crippen molar-refractivity contribution in [3.05, 3.63) is 56.7 Å². The minimum absolute atomic E-state index is 0.00918. The number of H-pyrrole nitrogens is 1. The number of nitrogen functional groups attached to an aromatic ring is 1. The monoisotopic (exact) mass is 456 g/mol. The largest absolute Gasteiger partial charge is 0.383 e. The highest BCUT2D eigenvalue weighted by molar-refractivity contribution is 9.10. The number of hydrogen-bond acceptors (Lipinski definition) is 5. The molecule has 0 radical (unpaired) electrons. The number of fused-ring (bicyclic) bond motifs is 4. The van der Waals surface area contributed by atoms with Gasteiger partial charge in [-0.05, 0) is 36.2 Å². The second-order valence-corrected chi connectivity index (χ2v) is 8.49. The Morgan fingerprint density at radius 3 is 2.90 bits per heavy atom. The fraction of sp³-hybridized carbons (Fsp3) is 0.333. The third-order valence-corrected chi connectivity index (χ3v) is 6.37. The van der Waals surface area contributed by atoms with E-state index in [1.807, 2.05) is 13.0 Å². The Labute approximate surface area is 176 Å². The van der Waals surface area contributed by atoms with Gasteiger partial charge < -0.3 is 25.1 Å². The number of aromatic nitrogens is 2. The van der Waals surface area contributed by atoms with Crippen molar-refractivity contribution in [2.24, 2.45) is 0 Å². The number of anilines is 1. The summed E-state index contributed by atoms with van der Waals surface area (Å²) in [6, 6.07) is 7.72. The van der Waals surface area contributed by atoms with Crippen LogP contribution in [0.25, 0.3) is 11.0 Å². The Balaban J connectivity index is 1.51. The molecule has 29 heavy (non-hydrogen) atoms. The molecule has 0 spiro atoms. The van der Waals surface area contributed by atoms with E-state index < -0.39 is 0 Å². The maximum Gasteiger partial charge on any atom is 0.270 e. The molecule has 2 aromatic heterocycles. The third kappa shape index (κ3) is 2.94. The van der Waals surface area contributed by atoms with Crippen molar-refractivity contribution in [1.29, 1.82) is 0 Å². The van der Waals surface area contributed by atoms with Crippen LogP contribution in [-0.2, 0) is 22.7 Å². The quantitative estimate of drug-likeness (QED) is 0.610. The highest BCUT2D eigenvalue weighted by Gasteiger charge is 2.32. The Morgan fingerprint density at radius 2 is 2.07 bits per heavy atom. The summed E-state index contributed by atoms with van der Waals surface area (Å²) in [5.74, 6) is 0.344. The number of halogens is 1. The molecular formula is C21H21BrN4O3. The van der Waals surface area contributed by atoms with Crippen molar-refractivity contribution in [3.8, 4) is 0 Å². The van der Waals surface area contributed by atoms with E-state index in [0.29, 0.717) is 36.8 Å². The van der Waals surface area contributed by atoms with Crippen LogP contribution in [0.2, 0.25) is 0 Å². The van der Waals surface area contributed by atoms with Crippen molar-refractivity contribution in [2.45, 2.75) is 32.3 Å². The van der Waals surface area contributed by atoms with E-state index in [-0.39, 0.29) is 18.1 Å². The second-order valence-electron chi connectivity index (χ2n) is 7.57. The van der Waals surface area contributed by atoms with Gasteiger partial charge in [-0.25, -0.2) is 4.98 Å². The van der Waals surface area contributed by atoms with Crippen LogP contribution in [0.3, 0.4) is 0 Å². The average Bonchev–Trinajstić information content (AvgIpc) is 3.35. The average molecular weight is 457 g/mol. The summed E-state index contributed by atoms with van der Waals surface area (Å²) in [5, 5.41) is 0. The molecule has 150 valence electrons. The molecule has 8 heteroatoms. The highest BCUT2D eigenvalue weighted by Crippen LogP contribution is 2.37. The minimum Gasteiger partial charge on any atom is -0.383 e. The number of ether oxygens (including phenoxy) is 2. The number of carbonyl (C=O) groups is 1. The lowest BCUT2D eigenvalue weighted by Gasteiger charge is -2.35. The van der Waals surface area contributed by atoms with Gasteiger partial charge in [-0.2, -0.15) is 0 Å². The SMILES string of the molecule is C[C@@H]1OC[C@@H](N(C)C(=O)c2cc3nc(N)c4c(c3[nH]2)COC4)c2ccc(Br)cc21. The van der Waals surface area contributed by atoms with E-state index in [1.165, 1.54) is 0 Å². The molecule has 0 saturated heterocycles. The molecule has 7 nitrogen and oxygen atoms in total. The van der Waals surface area contributed by atoms with Crippen LogP contribution in [0.15, 0.2) is 28.7 Å². The van der Waals surface area contributed by atoms with Gasteiger partial charge in [0.1, 0.15) is 11.5 Å². The number of hydrogen-bond donors (Lipinski definition) is 2. The van der Waals surface area contributed by atoms with Gasteiger partial charge in [-0.15, -0.1) is 0 Å². The lowest BCUT2D eigenvalue weighted by atomic mass is 9.94. The Hall–Kier alpha value is -2.42. The first-order chi connectivity index (χ1) is 13.9. The molecule has 0 saturated carbocycles. The van der Waals surface area contributed by atoms with Crippen molar-refractivity contribution in [3.63, 3.8) is 0 Å². The van der Waals surface area contributed by atoms with E-state index in [4.69, 9.17) is 15.2 Å². The molecule has 0 aliphatic carbocycles. The third-order valence-electron chi connectivity index (χ3n) is 5.87. The lowest BCUT2D eigenvalue weighted by molar-refractivity contribution is 0.00475. The van der Waals surface area contributed by atoms with Gasteiger partial charge in [0.15, 0.2) is 0 Å². The van der Waals surface area contributed by atoms with Crippen LogP contribution in [0, 0.1) is 0 Å². The van der Waals surface area contributed by atoms with Gasteiger partial charge in [0, 0.05) is 22.6 Å². The van der Waals surface area contributed by atoms with Crippen molar-refractivity contribution in [2.75, 3.05) is 19.4 Å². The van der Waals surface area contributed by atoms with Crippen LogP contribution in [-0.4, -0.2) is 34.4 Å². The van der Waals surface area contributed by atoms with Crippen LogP contribution in [0.4, 0.5) is 5.82 Å². The molecule has 2 aliphatic rings. The molecule has 2 atom stereocenters. The Bertz CT molecular complexity index is 1140. The van der Waals surface area contributed by atoms with Crippen LogP contribution in [0.5, 0.6) is 0 Å². The molecule has 0 unspecified atom stereocenters. The predicted octanol–water partition coefficient (Wildman–Crippen LogP) is 3.84. The zero-order valence-electron chi connectivity index (χ0n) is 16.2. The summed E-state index contributed by atoms with van der Waals surface area (Å²) in [6.45, 7) is 3.40. The fourth-order valence-corrected chi connectivity index (χ4v) is 4.60. The number of nitrogens with one attached hydrogen (secondary N) is 1. The summed E-state index contributed by atoms with van der Waals surface area (Å²) in [7, 11) is 1.80. The standard InChI is InChI=1S/C21H21BrN4O3/c1-10-13-5-11(22)3-4-12(13)18(9-29-10)26(2)21(27)17-6-16-19(24-17)14-7-28-8-15(14)20(23)25-16/h3-6,10,18,24H,7-9H2,1-2H3,(H2,23,25)/t10-,18+/m0/s1. The molecule has 1 aromatic carbocycles. The van der Waals surface area contributed by atoms with Crippen LogP contribution < -0.4 is 5.73 Å². The van der Waals surface area contributed by atoms with Gasteiger partial charge in [0.05, 0.1) is 43.0 Å². The van der Waals surface area contributed by atoms with Crippen molar-refractivity contribution < 1.29 is 14.3 Å². The van der Waals surface area contributed by atoms with Gasteiger partial charge in [-0.1, -0.05) is 22.0 Å². The molecular weight excluding hydrogens is 436 g/mol. The molecule has 3 N–H and O–H groups in total. The zero-order valence-corrected chi connectivity index (χ0v) is 17.7. The Kier molecular flexibility index (Phi) is 4.38. The van der Waals surface area contributed by atoms with E-state index in [9.17, 15) is 4.79 Å². The topological polar surface area (TPSA) is 93.5 Å². The lowest BCUT2D eigenvalue weighted by Crippen LogP contribution is -2.37. The Morgan fingerprint density at radius 1 is 1.28 bits per heavy atom. The van der Waals surface area contributed by atoms with E-state index >= 15 is 0 Å². The maximum absolute atomic E-state index is 13.3. The van der Waals surface area contributed by atoms with Gasteiger partial charge in [-0.3, -0.25) is 4.79 Å². The summed E-state index contributed by atoms with van der Waals surface area (Å²) in [4.78, 5) is 22.7. The molecule has 0 bridgehead atoms.